The maximum Gasteiger partial charge on any atom is 0.0985 e. The summed E-state index contributed by atoms with van der Waals surface area (Å²) in [5.41, 5.74) is 0.0317. The molecule has 2 nitrogen and oxygen atoms in total. The van der Waals surface area contributed by atoms with Crippen LogP contribution in [-0.4, -0.2) is 12.2 Å². The third-order valence-electron chi connectivity index (χ3n) is 1.32. The third kappa shape index (κ3) is 6.62. The molecule has 0 unspecified atom stereocenters. The Morgan fingerprint density at radius 3 is 1.92 bits per heavy atom. The van der Waals surface area contributed by atoms with E-state index in [4.69, 9.17) is 9.78 Å². The Kier molecular flexibility index (Phi) is 4.21. The molecule has 0 atom stereocenters. The first-order valence-corrected chi connectivity index (χ1v) is 4.37. The molecule has 0 aliphatic carbocycles. The van der Waals surface area contributed by atoms with Crippen LogP contribution in [-0.2, 0) is 9.78 Å². The maximum atomic E-state index is 5.19. The second kappa shape index (κ2) is 4.24. The Bertz CT molecular complexity index is 122. The smallest absolute Gasteiger partial charge is 0.0985 e. The summed E-state index contributed by atoms with van der Waals surface area (Å²) in [5, 5.41) is 0. The first-order chi connectivity index (χ1) is 5.27. The molecule has 0 aliphatic heterocycles. The van der Waals surface area contributed by atoms with Crippen molar-refractivity contribution in [3.8, 4) is 0 Å². The molecule has 1 radical (unpaired) electrons. The van der Waals surface area contributed by atoms with Crippen molar-refractivity contribution in [1.29, 1.82) is 0 Å². The summed E-state index contributed by atoms with van der Waals surface area (Å²) in [6.45, 7) is 14.5. The Morgan fingerprint density at radius 1 is 1.08 bits per heavy atom. The van der Waals surface area contributed by atoms with Crippen molar-refractivity contribution < 1.29 is 9.78 Å². The second-order valence-corrected chi connectivity index (χ2v) is 4.90. The van der Waals surface area contributed by atoms with Crippen LogP contribution in [0.4, 0.5) is 0 Å². The molecule has 0 aromatic rings. The Balaban J connectivity index is 3.86. The van der Waals surface area contributed by atoms with E-state index in [9.17, 15) is 0 Å². The van der Waals surface area contributed by atoms with Gasteiger partial charge < -0.3 is 0 Å². The number of hydrogen-bond acceptors (Lipinski definition) is 2. The van der Waals surface area contributed by atoms with E-state index in [1.165, 1.54) is 0 Å². The van der Waals surface area contributed by atoms with Crippen molar-refractivity contribution >= 4 is 0 Å². The van der Waals surface area contributed by atoms with Gasteiger partial charge in [-0.3, -0.25) is 0 Å². The summed E-state index contributed by atoms with van der Waals surface area (Å²) >= 11 is 0. The molecule has 12 heavy (non-hydrogen) atoms. The van der Waals surface area contributed by atoms with Crippen LogP contribution in [0.1, 0.15) is 41.0 Å². The molecule has 0 aromatic heterocycles. The van der Waals surface area contributed by atoms with E-state index in [1.807, 2.05) is 13.8 Å². The number of hydrogen-bond donors (Lipinski definition) is 0. The Morgan fingerprint density at radius 2 is 1.58 bits per heavy atom. The van der Waals surface area contributed by atoms with Crippen molar-refractivity contribution in [2.45, 2.75) is 46.6 Å². The summed E-state index contributed by atoms with van der Waals surface area (Å²) < 4.78 is 0. The van der Waals surface area contributed by atoms with Gasteiger partial charge in [0.05, 0.1) is 12.2 Å². The van der Waals surface area contributed by atoms with E-state index in [1.54, 1.807) is 0 Å². The predicted molar refractivity (Wildman–Crippen MR) is 50.5 cm³/mol. The first-order valence-electron chi connectivity index (χ1n) is 4.37. The summed E-state index contributed by atoms with van der Waals surface area (Å²) in [5.74, 6) is 0. The van der Waals surface area contributed by atoms with E-state index in [-0.39, 0.29) is 11.0 Å². The average molecular weight is 173 g/mol. The van der Waals surface area contributed by atoms with Gasteiger partial charge in [-0.25, -0.2) is 9.78 Å². The molecule has 0 spiro atoms. The van der Waals surface area contributed by atoms with Crippen molar-refractivity contribution in [1.82, 2.24) is 0 Å². The monoisotopic (exact) mass is 173 g/mol. The summed E-state index contributed by atoms with van der Waals surface area (Å²) in [6.07, 6.45) is 0.958. The lowest BCUT2D eigenvalue weighted by molar-refractivity contribution is -0.351. The van der Waals surface area contributed by atoms with Crippen LogP contribution in [0.15, 0.2) is 0 Å². The van der Waals surface area contributed by atoms with E-state index in [2.05, 4.69) is 27.7 Å². The topological polar surface area (TPSA) is 18.5 Å². The average Bonchev–Trinajstić information content (AvgIpc) is 1.78. The largest absolute Gasteiger partial charge is 0.236 e. The van der Waals surface area contributed by atoms with Crippen molar-refractivity contribution in [2.24, 2.45) is 5.41 Å². The van der Waals surface area contributed by atoms with Gasteiger partial charge in [-0.05, 0) is 32.6 Å². The maximum absolute atomic E-state index is 5.19. The zero-order valence-electron chi connectivity index (χ0n) is 8.94. The highest BCUT2D eigenvalue weighted by molar-refractivity contribution is 4.75. The van der Waals surface area contributed by atoms with Crippen LogP contribution in [0.3, 0.4) is 0 Å². The van der Waals surface area contributed by atoms with Gasteiger partial charge in [0.2, 0.25) is 0 Å². The Labute approximate surface area is 76.2 Å². The Hall–Kier alpha value is -0.0800. The van der Waals surface area contributed by atoms with Crippen molar-refractivity contribution in [3.05, 3.63) is 6.92 Å². The van der Waals surface area contributed by atoms with Gasteiger partial charge in [-0.15, -0.1) is 0 Å². The minimum absolute atomic E-state index is 0.226. The molecule has 0 saturated carbocycles. The molecule has 0 aliphatic rings. The van der Waals surface area contributed by atoms with E-state index < -0.39 is 0 Å². The molecule has 2 heteroatoms. The van der Waals surface area contributed by atoms with Gasteiger partial charge in [0.25, 0.3) is 0 Å². The van der Waals surface area contributed by atoms with Crippen molar-refractivity contribution in [3.63, 3.8) is 0 Å². The van der Waals surface area contributed by atoms with Gasteiger partial charge in [-0.2, -0.15) is 0 Å². The fourth-order valence-electron chi connectivity index (χ4n) is 1.51. The minimum atomic E-state index is -0.226. The van der Waals surface area contributed by atoms with Crippen LogP contribution in [0.25, 0.3) is 0 Å². The highest BCUT2D eigenvalue weighted by atomic mass is 17.2. The van der Waals surface area contributed by atoms with Crippen LogP contribution < -0.4 is 0 Å². The van der Waals surface area contributed by atoms with E-state index in [0.717, 1.165) is 6.42 Å². The normalized spacial score (nSPS) is 13.5. The van der Waals surface area contributed by atoms with Crippen LogP contribution >= 0.6 is 0 Å². The lowest BCUT2D eigenvalue weighted by Crippen LogP contribution is -2.30. The predicted octanol–water partition coefficient (Wildman–Crippen LogP) is 2.98. The molecule has 73 valence electrons. The first kappa shape index (κ1) is 11.9. The standard InChI is InChI=1S/C10H21O2/c1-7-11-12-10(5,6)8-9(2,3)4/h1,7-8H2,2-6H3. The third-order valence-corrected chi connectivity index (χ3v) is 1.32. The van der Waals surface area contributed by atoms with Gasteiger partial charge in [0.1, 0.15) is 0 Å². The van der Waals surface area contributed by atoms with Crippen LogP contribution in [0, 0.1) is 12.3 Å². The van der Waals surface area contributed by atoms with Crippen LogP contribution in [0.2, 0.25) is 0 Å². The molecule has 0 bridgehead atoms. The van der Waals surface area contributed by atoms with Crippen LogP contribution in [0.5, 0.6) is 0 Å². The SMILES string of the molecule is [CH2]COOC(C)(C)CC(C)(C)C. The zero-order valence-corrected chi connectivity index (χ0v) is 8.94. The molecule has 0 saturated heterocycles. The zero-order chi connectivity index (χ0) is 9.83. The molecule has 0 rings (SSSR count). The second-order valence-electron chi connectivity index (χ2n) is 4.90. The summed E-state index contributed by atoms with van der Waals surface area (Å²) in [6, 6.07) is 0. The quantitative estimate of drug-likeness (QED) is 0.480. The van der Waals surface area contributed by atoms with Gasteiger partial charge >= 0.3 is 0 Å². The molecule has 0 N–H and O–H groups in total. The molecular formula is C10H21O2. The summed E-state index contributed by atoms with van der Waals surface area (Å²) in [7, 11) is 0. The minimum Gasteiger partial charge on any atom is -0.236 e. The summed E-state index contributed by atoms with van der Waals surface area (Å²) in [4.78, 5) is 10.0. The molecule has 0 heterocycles. The van der Waals surface area contributed by atoms with Gasteiger partial charge in [0.15, 0.2) is 0 Å². The highest BCUT2D eigenvalue weighted by Crippen LogP contribution is 2.29. The number of rotatable bonds is 4. The van der Waals surface area contributed by atoms with Crippen molar-refractivity contribution in [2.75, 3.05) is 6.61 Å². The molecule has 0 aromatic carbocycles. The molecule has 0 fully saturated rings. The lowest BCUT2D eigenvalue weighted by Gasteiger charge is -2.30. The van der Waals surface area contributed by atoms with E-state index in [0.29, 0.717) is 6.61 Å². The fourth-order valence-corrected chi connectivity index (χ4v) is 1.51. The van der Waals surface area contributed by atoms with E-state index >= 15 is 0 Å². The van der Waals surface area contributed by atoms with Gasteiger partial charge in [-0.1, -0.05) is 20.8 Å². The fraction of sp³-hybridized carbons (Fsp3) is 0.900. The lowest BCUT2D eigenvalue weighted by atomic mass is 9.84. The molecular weight excluding hydrogens is 152 g/mol. The highest BCUT2D eigenvalue weighted by Gasteiger charge is 2.27. The van der Waals surface area contributed by atoms with Gasteiger partial charge in [0, 0.05) is 0 Å². The molecule has 0 amide bonds.